The highest BCUT2D eigenvalue weighted by Gasteiger charge is 2.46. The Balaban J connectivity index is 1.68. The SMILES string of the molecule is CCN1C(=O)[C@H](NC(=O)c2cccc(C(F)(F)F)c2)[C@H](c2ccc(F)cc2)c2c(C=O)nn(-c3ccccc3)c21. The standard InChI is InChI=1S/C29H22F4N4O3/c1-2-36-27-24(22(16-38)35-37(27)21-9-4-3-5-10-21)23(17-11-13-20(30)14-12-17)25(28(36)40)34-26(39)18-7-6-8-19(15-18)29(31,32)33/h3-16,23,25H,2H2,1H3,(H,34,39)/t23-,25-/m1/s1. The molecule has 5 rings (SSSR count). The molecule has 40 heavy (non-hydrogen) atoms. The number of likely N-dealkylation sites (N-methyl/N-ethyl adjacent to an activating group) is 1. The number of nitrogens with one attached hydrogen (secondary N) is 1. The number of fused-ring (bicyclic) bond motifs is 1. The van der Waals surface area contributed by atoms with Gasteiger partial charge in [0.15, 0.2) is 6.29 Å². The van der Waals surface area contributed by atoms with Crippen LogP contribution in [0.5, 0.6) is 0 Å². The molecule has 7 nitrogen and oxygen atoms in total. The van der Waals surface area contributed by atoms with Crippen molar-refractivity contribution >= 4 is 23.9 Å². The maximum Gasteiger partial charge on any atom is 0.416 e. The van der Waals surface area contributed by atoms with Gasteiger partial charge in [0.25, 0.3) is 11.8 Å². The van der Waals surface area contributed by atoms with Crippen LogP contribution >= 0.6 is 0 Å². The van der Waals surface area contributed by atoms with Crippen LogP contribution in [0, 0.1) is 5.82 Å². The van der Waals surface area contributed by atoms with E-state index in [1.165, 1.54) is 39.9 Å². The van der Waals surface area contributed by atoms with Crippen LogP contribution in [-0.4, -0.2) is 40.5 Å². The highest BCUT2D eigenvalue weighted by atomic mass is 19.4. The number of benzene rings is 3. The van der Waals surface area contributed by atoms with Crippen molar-refractivity contribution in [1.82, 2.24) is 15.1 Å². The third-order valence-electron chi connectivity index (χ3n) is 6.75. The number of anilines is 1. The Bertz CT molecular complexity index is 1580. The van der Waals surface area contributed by atoms with Crippen LogP contribution in [-0.2, 0) is 11.0 Å². The lowest BCUT2D eigenvalue weighted by molar-refractivity contribution is -0.137. The fourth-order valence-electron chi connectivity index (χ4n) is 4.95. The van der Waals surface area contributed by atoms with Crippen molar-refractivity contribution in [2.45, 2.75) is 25.1 Å². The Morgan fingerprint density at radius 1 is 1.02 bits per heavy atom. The molecule has 0 bridgehead atoms. The molecule has 4 aromatic rings. The molecule has 11 heteroatoms. The third-order valence-corrected chi connectivity index (χ3v) is 6.75. The largest absolute Gasteiger partial charge is 0.416 e. The summed E-state index contributed by atoms with van der Waals surface area (Å²) in [6, 6.07) is 16.5. The molecule has 0 saturated carbocycles. The van der Waals surface area contributed by atoms with Gasteiger partial charge in [-0.15, -0.1) is 0 Å². The highest BCUT2D eigenvalue weighted by molar-refractivity contribution is 6.06. The lowest BCUT2D eigenvalue weighted by Gasteiger charge is -2.38. The number of nitrogens with zero attached hydrogens (tertiary/aromatic N) is 3. The van der Waals surface area contributed by atoms with Gasteiger partial charge in [0.05, 0.1) is 11.3 Å². The zero-order valence-corrected chi connectivity index (χ0v) is 21.0. The van der Waals surface area contributed by atoms with E-state index in [-0.39, 0.29) is 17.8 Å². The molecule has 1 aliphatic heterocycles. The summed E-state index contributed by atoms with van der Waals surface area (Å²) in [5.74, 6) is -2.72. The monoisotopic (exact) mass is 550 g/mol. The van der Waals surface area contributed by atoms with E-state index in [1.54, 1.807) is 37.3 Å². The smallest absolute Gasteiger partial charge is 0.339 e. The fraction of sp³-hybridized carbons (Fsp3) is 0.172. The average Bonchev–Trinajstić information content (AvgIpc) is 3.33. The third kappa shape index (κ3) is 4.74. The van der Waals surface area contributed by atoms with E-state index in [0.717, 1.165) is 12.1 Å². The van der Waals surface area contributed by atoms with Crippen LogP contribution < -0.4 is 10.2 Å². The average molecular weight is 551 g/mol. The normalized spacial score (nSPS) is 16.9. The maximum absolute atomic E-state index is 14.0. The quantitative estimate of drug-likeness (QED) is 0.266. The number of alkyl halides is 3. The molecule has 1 N–H and O–H groups in total. The minimum atomic E-state index is -4.67. The van der Waals surface area contributed by atoms with Crippen LogP contribution in [0.1, 0.15) is 50.4 Å². The number of rotatable bonds is 6. The van der Waals surface area contributed by atoms with Gasteiger partial charge in [-0.05, 0) is 55.0 Å². The highest BCUT2D eigenvalue weighted by Crippen LogP contribution is 2.43. The fourth-order valence-corrected chi connectivity index (χ4v) is 4.95. The Kier molecular flexibility index (Phi) is 6.97. The van der Waals surface area contributed by atoms with E-state index in [0.29, 0.717) is 35.0 Å². The van der Waals surface area contributed by atoms with Crippen molar-refractivity contribution in [3.8, 4) is 5.69 Å². The predicted octanol–water partition coefficient (Wildman–Crippen LogP) is 5.14. The molecule has 1 aromatic heterocycles. The number of hydrogen-bond donors (Lipinski definition) is 1. The van der Waals surface area contributed by atoms with Gasteiger partial charge in [-0.2, -0.15) is 18.3 Å². The molecular formula is C29H22F4N4O3. The van der Waals surface area contributed by atoms with Crippen molar-refractivity contribution in [3.63, 3.8) is 0 Å². The molecule has 0 saturated heterocycles. The van der Waals surface area contributed by atoms with Gasteiger partial charge in [-0.3, -0.25) is 19.3 Å². The molecule has 1 aliphatic rings. The summed E-state index contributed by atoms with van der Waals surface area (Å²) in [5.41, 5.74) is -0.0297. The van der Waals surface area contributed by atoms with Gasteiger partial charge in [-0.25, -0.2) is 9.07 Å². The Labute approximate surface area is 226 Å². The first kappa shape index (κ1) is 26.8. The molecule has 2 atom stereocenters. The van der Waals surface area contributed by atoms with E-state index >= 15 is 0 Å². The van der Waals surface area contributed by atoms with Crippen molar-refractivity contribution < 1.29 is 31.9 Å². The Morgan fingerprint density at radius 2 is 1.73 bits per heavy atom. The van der Waals surface area contributed by atoms with E-state index in [9.17, 15) is 31.9 Å². The van der Waals surface area contributed by atoms with Gasteiger partial charge in [0.2, 0.25) is 0 Å². The maximum atomic E-state index is 14.0. The van der Waals surface area contributed by atoms with Gasteiger partial charge in [0, 0.05) is 23.6 Å². The first-order valence-electron chi connectivity index (χ1n) is 12.3. The lowest BCUT2D eigenvalue weighted by atomic mass is 9.81. The Morgan fingerprint density at radius 3 is 2.35 bits per heavy atom. The number of carbonyl (C=O) groups excluding carboxylic acids is 3. The van der Waals surface area contributed by atoms with E-state index in [1.807, 2.05) is 0 Å². The molecule has 2 amide bonds. The predicted molar refractivity (Wildman–Crippen MR) is 138 cm³/mol. The van der Waals surface area contributed by atoms with Gasteiger partial charge in [0.1, 0.15) is 23.4 Å². The number of aromatic nitrogens is 2. The number of hydrogen-bond acceptors (Lipinski definition) is 4. The van der Waals surface area contributed by atoms with Gasteiger partial charge < -0.3 is 5.32 Å². The van der Waals surface area contributed by atoms with Crippen LogP contribution in [0.25, 0.3) is 5.69 Å². The van der Waals surface area contributed by atoms with Crippen LogP contribution in [0.15, 0.2) is 78.9 Å². The number of halogens is 4. The van der Waals surface area contributed by atoms with Crippen molar-refractivity contribution in [2.24, 2.45) is 0 Å². The lowest BCUT2D eigenvalue weighted by Crippen LogP contribution is -2.55. The summed E-state index contributed by atoms with van der Waals surface area (Å²) < 4.78 is 55.2. The molecule has 3 aromatic carbocycles. The summed E-state index contributed by atoms with van der Waals surface area (Å²) in [6.07, 6.45) is -4.14. The summed E-state index contributed by atoms with van der Waals surface area (Å²) in [7, 11) is 0. The molecular weight excluding hydrogens is 528 g/mol. The minimum Gasteiger partial charge on any atom is -0.339 e. The molecule has 0 unspecified atom stereocenters. The van der Waals surface area contributed by atoms with E-state index in [2.05, 4.69) is 10.4 Å². The number of amides is 2. The van der Waals surface area contributed by atoms with Crippen LogP contribution in [0.3, 0.4) is 0 Å². The second-order valence-corrected chi connectivity index (χ2v) is 9.13. The molecule has 204 valence electrons. The molecule has 0 radical (unpaired) electrons. The number of para-hydroxylation sites is 1. The van der Waals surface area contributed by atoms with E-state index < -0.39 is 41.3 Å². The van der Waals surface area contributed by atoms with Crippen molar-refractivity contribution in [2.75, 3.05) is 11.4 Å². The topological polar surface area (TPSA) is 84.3 Å². The zero-order valence-electron chi connectivity index (χ0n) is 21.0. The first-order valence-corrected chi connectivity index (χ1v) is 12.3. The van der Waals surface area contributed by atoms with E-state index in [4.69, 9.17) is 0 Å². The number of carbonyl (C=O) groups is 3. The molecule has 0 fully saturated rings. The van der Waals surface area contributed by atoms with Gasteiger partial charge in [-0.1, -0.05) is 36.4 Å². The second-order valence-electron chi connectivity index (χ2n) is 9.13. The first-order chi connectivity index (χ1) is 19.1. The number of aldehydes is 1. The zero-order chi connectivity index (χ0) is 28.6. The van der Waals surface area contributed by atoms with Gasteiger partial charge >= 0.3 is 6.18 Å². The summed E-state index contributed by atoms with van der Waals surface area (Å²) in [5, 5.41) is 7.05. The molecule has 0 spiro atoms. The summed E-state index contributed by atoms with van der Waals surface area (Å²) in [6.45, 7) is 1.84. The molecule has 0 aliphatic carbocycles. The van der Waals surface area contributed by atoms with Crippen LogP contribution in [0.4, 0.5) is 23.4 Å². The molecule has 2 heterocycles. The summed E-state index contributed by atoms with van der Waals surface area (Å²) >= 11 is 0. The van der Waals surface area contributed by atoms with Crippen molar-refractivity contribution in [3.05, 3.63) is 113 Å². The Hall–Kier alpha value is -4.80. The van der Waals surface area contributed by atoms with Crippen molar-refractivity contribution in [1.29, 1.82) is 0 Å². The van der Waals surface area contributed by atoms with Crippen LogP contribution in [0.2, 0.25) is 0 Å². The minimum absolute atomic E-state index is 0.00236. The summed E-state index contributed by atoms with van der Waals surface area (Å²) in [4.78, 5) is 40.9. The second kappa shape index (κ2) is 10.4.